The zero-order chi connectivity index (χ0) is 43.7. The van der Waals surface area contributed by atoms with Crippen LogP contribution in [0.4, 0.5) is 33.3 Å². The van der Waals surface area contributed by atoms with Crippen LogP contribution in [0.1, 0.15) is 21.1 Å². The number of nitrogens with one attached hydrogen (secondary N) is 2. The quantitative estimate of drug-likeness (QED) is 0.0829. The number of hydrogen-bond acceptors (Lipinski definition) is 10. The van der Waals surface area contributed by atoms with Crippen LogP contribution in [-0.2, 0) is 45.2 Å². The molecule has 0 saturated carbocycles. The first-order valence-corrected chi connectivity index (χ1v) is 22.3. The van der Waals surface area contributed by atoms with Crippen LogP contribution in [0.25, 0.3) is 20.4 Å². The highest BCUT2D eigenvalue weighted by Crippen LogP contribution is 2.29. The number of rotatable bonds is 14. The summed E-state index contributed by atoms with van der Waals surface area (Å²) in [6, 6.07) is 16.0. The maximum absolute atomic E-state index is 15.5. The third-order valence-electron chi connectivity index (χ3n) is 9.53. The normalized spacial score (nSPS) is 13.6. The number of amides is 2. The van der Waals surface area contributed by atoms with Crippen molar-refractivity contribution in [3.63, 3.8) is 0 Å². The zero-order valence-electron chi connectivity index (χ0n) is 32.7. The molecule has 0 aliphatic heterocycles. The molecule has 0 aliphatic carbocycles. The molecule has 0 fully saturated rings. The summed E-state index contributed by atoms with van der Waals surface area (Å²) < 4.78 is 108. The van der Waals surface area contributed by atoms with Crippen molar-refractivity contribution in [2.24, 2.45) is 0 Å². The molecule has 4 atom stereocenters. The number of benzene rings is 5. The summed E-state index contributed by atoms with van der Waals surface area (Å²) >= 11 is -1.95. The molecule has 10 nitrogen and oxygen atoms in total. The van der Waals surface area contributed by atoms with Crippen molar-refractivity contribution in [1.29, 1.82) is 0 Å². The number of anilines is 2. The highest BCUT2D eigenvalue weighted by atomic mass is 32.2. The first-order chi connectivity index (χ1) is 29.0. The van der Waals surface area contributed by atoms with Gasteiger partial charge < -0.3 is 18.9 Å². The number of nitrogens with zero attached hydrogens (tertiary/aromatic N) is 4. The zero-order valence-corrected chi connectivity index (χ0v) is 35.9. The van der Waals surface area contributed by atoms with Crippen LogP contribution in [0.3, 0.4) is 0 Å². The lowest BCUT2D eigenvalue weighted by Gasteiger charge is -2.26. The summed E-state index contributed by atoms with van der Waals surface area (Å²) in [5, 5.41) is 1.62. The molecule has 2 unspecified atom stereocenters. The maximum Gasteiger partial charge on any atom is 0.248 e. The van der Waals surface area contributed by atoms with Crippen molar-refractivity contribution < 1.29 is 40.6 Å². The largest absolute Gasteiger partial charge is 0.593 e. The van der Waals surface area contributed by atoms with E-state index < -0.39 is 80.6 Å². The van der Waals surface area contributed by atoms with Crippen LogP contribution in [0, 0.1) is 42.9 Å². The predicted molar refractivity (Wildman–Crippen MR) is 229 cm³/mol. The molecule has 0 saturated heterocycles. The van der Waals surface area contributed by atoms with Crippen LogP contribution in [0.5, 0.6) is 0 Å². The molecule has 61 heavy (non-hydrogen) atoms. The molecule has 0 bridgehead atoms. The summed E-state index contributed by atoms with van der Waals surface area (Å²) in [5.41, 5.74) is 2.24. The Bertz CT molecular complexity index is 2730. The van der Waals surface area contributed by atoms with Crippen molar-refractivity contribution >= 4 is 89.0 Å². The van der Waals surface area contributed by atoms with Gasteiger partial charge >= 0.3 is 0 Å². The fourth-order valence-corrected chi connectivity index (χ4v) is 10.4. The maximum atomic E-state index is 15.5. The Morgan fingerprint density at radius 1 is 0.623 bits per heavy atom. The molecular weight excluding hydrogens is 876 g/mol. The van der Waals surface area contributed by atoms with Gasteiger partial charge in [0.1, 0.15) is 35.4 Å². The molecule has 316 valence electrons. The second-order valence-electron chi connectivity index (χ2n) is 14.0. The van der Waals surface area contributed by atoms with Gasteiger partial charge in [0.05, 0.1) is 59.2 Å². The second-order valence-corrected chi connectivity index (χ2v) is 18.9. The van der Waals surface area contributed by atoms with E-state index in [-0.39, 0.29) is 28.9 Å². The van der Waals surface area contributed by atoms with E-state index in [9.17, 15) is 36.3 Å². The number of fused-ring (bicyclic) bond motifs is 2. The lowest BCUT2D eigenvalue weighted by molar-refractivity contribution is -0.120. The Morgan fingerprint density at radius 3 is 1.49 bits per heavy atom. The Labute approximate surface area is 361 Å². The molecule has 0 spiro atoms. The van der Waals surface area contributed by atoms with Crippen molar-refractivity contribution in [2.45, 2.75) is 48.6 Å². The molecule has 7 aromatic rings. The smallest absolute Gasteiger partial charge is 0.248 e. The lowest BCUT2D eigenvalue weighted by atomic mass is 10.0. The van der Waals surface area contributed by atoms with Crippen LogP contribution < -0.4 is 19.2 Å². The van der Waals surface area contributed by atoms with Gasteiger partial charge in [0.15, 0.2) is 10.7 Å². The van der Waals surface area contributed by atoms with Crippen LogP contribution in [-0.4, -0.2) is 57.1 Å². The SMILES string of the molecule is Cc1nc2cc(N(C)C(=O)[C@H](Cc3cc(F)cc(F)c3)N[S+]([O-])c3ccc(F)c([S+]([O-])N[C@@H](Cc4cc(F)cc(F)c4)C(=O)N(C)c4ccc5sc(C)nc5c4)c3)ccc2s1. The molecule has 0 radical (unpaired) electrons. The summed E-state index contributed by atoms with van der Waals surface area (Å²) in [4.78, 5) is 38.9. The number of carbonyl (C=O) groups is 2. The van der Waals surface area contributed by atoms with Gasteiger partial charge in [-0.2, -0.15) is 0 Å². The minimum absolute atomic E-state index is 0.0410. The van der Waals surface area contributed by atoms with Gasteiger partial charge in [-0.15, -0.1) is 32.1 Å². The Hall–Kier alpha value is -4.99. The van der Waals surface area contributed by atoms with Crippen molar-refractivity contribution in [3.05, 3.63) is 141 Å². The molecule has 5 aromatic carbocycles. The summed E-state index contributed by atoms with van der Waals surface area (Å²) in [6.45, 7) is 3.68. The van der Waals surface area contributed by atoms with Gasteiger partial charge in [0.2, 0.25) is 16.7 Å². The van der Waals surface area contributed by atoms with E-state index in [0.29, 0.717) is 34.5 Å². The monoisotopic (exact) mass is 910 g/mol. The van der Waals surface area contributed by atoms with E-state index >= 15 is 4.39 Å². The molecular formula is C42H35F5N6O4S4. The number of carbonyl (C=O) groups excluding carboxylic acids is 2. The van der Waals surface area contributed by atoms with E-state index in [1.165, 1.54) is 46.6 Å². The molecule has 19 heteroatoms. The van der Waals surface area contributed by atoms with E-state index in [1.807, 2.05) is 13.8 Å². The average Bonchev–Trinajstić information content (AvgIpc) is 3.77. The summed E-state index contributed by atoms with van der Waals surface area (Å²) in [7, 11) is 2.93. The average molecular weight is 911 g/mol. The van der Waals surface area contributed by atoms with Crippen LogP contribution in [0.2, 0.25) is 0 Å². The lowest BCUT2D eigenvalue weighted by Crippen LogP contribution is -2.49. The topological polar surface area (TPSA) is 137 Å². The highest BCUT2D eigenvalue weighted by Gasteiger charge is 2.34. The summed E-state index contributed by atoms with van der Waals surface area (Å²) in [5.74, 6) is -5.93. The number of hydrogen-bond donors (Lipinski definition) is 2. The van der Waals surface area contributed by atoms with Gasteiger partial charge in [-0.25, -0.2) is 31.9 Å². The molecule has 2 heterocycles. The number of thiazole rings is 2. The van der Waals surface area contributed by atoms with Gasteiger partial charge in [0.25, 0.3) is 0 Å². The number of aryl methyl sites for hydroxylation is 2. The fraction of sp³-hybridized carbons (Fsp3) is 0.190. The summed E-state index contributed by atoms with van der Waals surface area (Å²) in [6.07, 6.45) is -0.695. The first-order valence-electron chi connectivity index (χ1n) is 18.4. The number of halogens is 5. The van der Waals surface area contributed by atoms with Crippen LogP contribution >= 0.6 is 22.7 Å². The van der Waals surface area contributed by atoms with Gasteiger partial charge in [-0.3, -0.25) is 9.59 Å². The van der Waals surface area contributed by atoms with Crippen molar-refractivity contribution in [1.82, 2.24) is 19.4 Å². The molecule has 0 aliphatic rings. The standard InChI is InChI=1S/C42H35F5N6O4S4/c1-22-48-34-19-30(5-9-38(34)58-22)52(3)41(54)36(15-24-11-26(43)17-27(44)12-24)50-60(56)32-7-8-33(47)40(21-32)61(57)51-37(16-25-13-28(45)18-29(46)14-25)42(55)53(4)31-6-10-39-35(20-31)49-23(2)59-39/h5-14,17-21,36-37,50-51H,15-16H2,1-4H3/t36-,37-,60?,61?/m0/s1. The Balaban J connectivity index is 1.15. The fourth-order valence-electron chi connectivity index (χ4n) is 6.62. The van der Waals surface area contributed by atoms with Crippen molar-refractivity contribution in [2.75, 3.05) is 23.9 Å². The Kier molecular flexibility index (Phi) is 13.4. The van der Waals surface area contributed by atoms with E-state index in [1.54, 1.807) is 36.4 Å². The third kappa shape index (κ3) is 10.4. The molecule has 2 N–H and O–H groups in total. The van der Waals surface area contributed by atoms with Crippen molar-refractivity contribution in [3.8, 4) is 0 Å². The number of aromatic nitrogens is 2. The van der Waals surface area contributed by atoms with E-state index in [2.05, 4.69) is 19.4 Å². The molecule has 2 aromatic heterocycles. The van der Waals surface area contributed by atoms with E-state index in [0.717, 1.165) is 61.9 Å². The van der Waals surface area contributed by atoms with E-state index in [4.69, 9.17) is 0 Å². The second kappa shape index (κ2) is 18.5. The molecule has 7 rings (SSSR count). The van der Waals surface area contributed by atoms with Gasteiger partial charge in [0, 0.05) is 50.4 Å². The molecule has 2 amide bonds. The Morgan fingerprint density at radius 2 is 1.05 bits per heavy atom. The highest BCUT2D eigenvalue weighted by molar-refractivity contribution is 7.90. The minimum atomic E-state index is -2.55. The third-order valence-corrected chi connectivity index (χ3v) is 13.8. The van der Waals surface area contributed by atoms with Gasteiger partial charge in [-0.05, 0) is 97.8 Å². The minimum Gasteiger partial charge on any atom is -0.593 e. The number of likely N-dealkylation sites (N-methyl/N-ethyl adjacent to an activating group) is 2. The first kappa shape index (κ1) is 44.1. The predicted octanol–water partition coefficient (Wildman–Crippen LogP) is 7.99. The van der Waals surface area contributed by atoms with Crippen LogP contribution in [0.15, 0.2) is 101 Å². The van der Waals surface area contributed by atoms with Gasteiger partial charge in [-0.1, -0.05) is 0 Å².